The highest BCUT2D eigenvalue weighted by atomic mass is 32.1. The number of aryl methyl sites for hydroxylation is 2. The zero-order chi connectivity index (χ0) is 14.5. The standard InChI is InChI=1S/C15H20N2O2S/c1-10-6-7-20-14(10)8-17-15(18)9-16-12(3)13-5-4-11(2)19-13/h4-7,12,16H,8-9H2,1-3H3,(H,17,18)/t12-/m0/s1. The van der Waals surface area contributed by atoms with Crippen molar-refractivity contribution in [1.82, 2.24) is 10.6 Å². The lowest BCUT2D eigenvalue weighted by molar-refractivity contribution is -0.120. The molecule has 0 aliphatic carbocycles. The summed E-state index contributed by atoms with van der Waals surface area (Å²) in [6, 6.07) is 5.94. The van der Waals surface area contributed by atoms with Crippen molar-refractivity contribution in [3.8, 4) is 0 Å². The quantitative estimate of drug-likeness (QED) is 0.860. The Balaban J connectivity index is 1.74. The van der Waals surface area contributed by atoms with Gasteiger partial charge in [-0.05, 0) is 49.9 Å². The van der Waals surface area contributed by atoms with Crippen LogP contribution in [0.1, 0.15) is 34.9 Å². The van der Waals surface area contributed by atoms with E-state index in [9.17, 15) is 4.79 Å². The van der Waals surface area contributed by atoms with Gasteiger partial charge in [0, 0.05) is 4.88 Å². The molecular formula is C15H20N2O2S. The van der Waals surface area contributed by atoms with Crippen LogP contribution in [0.5, 0.6) is 0 Å². The minimum atomic E-state index is -0.00655. The molecule has 0 saturated carbocycles. The molecule has 0 aliphatic heterocycles. The SMILES string of the molecule is Cc1ccc([C@H](C)NCC(=O)NCc2sccc2C)o1. The van der Waals surface area contributed by atoms with Gasteiger partial charge in [0.2, 0.25) is 5.91 Å². The molecule has 0 spiro atoms. The monoisotopic (exact) mass is 292 g/mol. The summed E-state index contributed by atoms with van der Waals surface area (Å²) in [4.78, 5) is 13.0. The number of hydrogen-bond acceptors (Lipinski definition) is 4. The Morgan fingerprint density at radius 1 is 1.35 bits per heavy atom. The highest BCUT2D eigenvalue weighted by Crippen LogP contribution is 2.16. The third-order valence-corrected chi connectivity index (χ3v) is 4.19. The van der Waals surface area contributed by atoms with E-state index < -0.39 is 0 Å². The number of furan rings is 1. The minimum Gasteiger partial charge on any atom is -0.465 e. The average Bonchev–Trinajstić information content (AvgIpc) is 3.02. The Labute approximate surface area is 123 Å². The van der Waals surface area contributed by atoms with E-state index in [1.165, 1.54) is 10.4 Å². The Morgan fingerprint density at radius 3 is 2.75 bits per heavy atom. The van der Waals surface area contributed by atoms with Crippen molar-refractivity contribution in [2.45, 2.75) is 33.4 Å². The first kappa shape index (κ1) is 14.8. The van der Waals surface area contributed by atoms with Gasteiger partial charge in [-0.3, -0.25) is 10.1 Å². The van der Waals surface area contributed by atoms with E-state index in [-0.39, 0.29) is 18.5 Å². The zero-order valence-electron chi connectivity index (χ0n) is 12.0. The lowest BCUT2D eigenvalue weighted by atomic mass is 10.2. The topological polar surface area (TPSA) is 54.3 Å². The molecule has 20 heavy (non-hydrogen) atoms. The molecule has 5 heteroatoms. The lowest BCUT2D eigenvalue weighted by Crippen LogP contribution is -2.34. The molecule has 1 amide bonds. The third kappa shape index (κ3) is 3.95. The smallest absolute Gasteiger partial charge is 0.234 e. The predicted molar refractivity (Wildman–Crippen MR) is 80.8 cm³/mol. The zero-order valence-corrected chi connectivity index (χ0v) is 12.8. The van der Waals surface area contributed by atoms with Crippen LogP contribution in [0.3, 0.4) is 0 Å². The maximum atomic E-state index is 11.8. The van der Waals surface area contributed by atoms with E-state index in [1.807, 2.05) is 31.4 Å². The molecule has 2 N–H and O–H groups in total. The van der Waals surface area contributed by atoms with Crippen molar-refractivity contribution in [1.29, 1.82) is 0 Å². The van der Waals surface area contributed by atoms with Crippen LogP contribution in [-0.2, 0) is 11.3 Å². The normalized spacial score (nSPS) is 12.3. The number of carbonyl (C=O) groups is 1. The second-order valence-electron chi connectivity index (χ2n) is 4.85. The lowest BCUT2D eigenvalue weighted by Gasteiger charge is -2.11. The molecule has 0 aliphatic rings. The molecule has 0 saturated heterocycles. The van der Waals surface area contributed by atoms with Crippen molar-refractivity contribution < 1.29 is 9.21 Å². The second-order valence-corrected chi connectivity index (χ2v) is 5.86. The Bertz CT molecular complexity index is 574. The van der Waals surface area contributed by atoms with Crippen molar-refractivity contribution in [2.24, 2.45) is 0 Å². The van der Waals surface area contributed by atoms with E-state index in [0.29, 0.717) is 6.54 Å². The summed E-state index contributed by atoms with van der Waals surface area (Å²) in [5.41, 5.74) is 1.22. The van der Waals surface area contributed by atoms with Crippen molar-refractivity contribution in [3.05, 3.63) is 45.5 Å². The first-order valence-electron chi connectivity index (χ1n) is 6.65. The number of hydrogen-bond donors (Lipinski definition) is 2. The highest BCUT2D eigenvalue weighted by Gasteiger charge is 2.11. The molecule has 0 aromatic carbocycles. The Kier molecular flexibility index (Phi) is 4.98. The van der Waals surface area contributed by atoms with Crippen LogP contribution in [0.15, 0.2) is 28.0 Å². The van der Waals surface area contributed by atoms with E-state index >= 15 is 0 Å². The first-order chi connectivity index (χ1) is 9.56. The summed E-state index contributed by atoms with van der Waals surface area (Å²) in [7, 11) is 0. The molecule has 0 bridgehead atoms. The number of amides is 1. The number of thiophene rings is 1. The average molecular weight is 292 g/mol. The first-order valence-corrected chi connectivity index (χ1v) is 7.53. The van der Waals surface area contributed by atoms with Gasteiger partial charge >= 0.3 is 0 Å². The molecule has 0 unspecified atom stereocenters. The van der Waals surface area contributed by atoms with Gasteiger partial charge in [-0.2, -0.15) is 0 Å². The predicted octanol–water partition coefficient (Wildman–Crippen LogP) is 2.92. The van der Waals surface area contributed by atoms with Gasteiger partial charge in [-0.1, -0.05) is 0 Å². The summed E-state index contributed by atoms with van der Waals surface area (Å²) in [6.45, 7) is 6.82. The fourth-order valence-electron chi connectivity index (χ4n) is 1.86. The van der Waals surface area contributed by atoms with Gasteiger partial charge in [0.15, 0.2) is 0 Å². The van der Waals surface area contributed by atoms with Gasteiger partial charge in [-0.25, -0.2) is 0 Å². The van der Waals surface area contributed by atoms with Crippen molar-refractivity contribution >= 4 is 17.2 Å². The van der Waals surface area contributed by atoms with Crippen LogP contribution in [0.25, 0.3) is 0 Å². The molecule has 2 rings (SSSR count). The van der Waals surface area contributed by atoms with Crippen LogP contribution < -0.4 is 10.6 Å². The third-order valence-electron chi connectivity index (χ3n) is 3.17. The Hall–Kier alpha value is -1.59. The van der Waals surface area contributed by atoms with E-state index in [4.69, 9.17) is 4.42 Å². The van der Waals surface area contributed by atoms with Crippen LogP contribution in [0, 0.1) is 13.8 Å². The minimum absolute atomic E-state index is 0.00655. The summed E-state index contributed by atoms with van der Waals surface area (Å²) in [5.74, 6) is 1.73. The van der Waals surface area contributed by atoms with Gasteiger partial charge in [-0.15, -0.1) is 11.3 Å². The van der Waals surface area contributed by atoms with E-state index in [1.54, 1.807) is 11.3 Å². The number of nitrogens with one attached hydrogen (secondary N) is 2. The van der Waals surface area contributed by atoms with Crippen LogP contribution in [0.4, 0.5) is 0 Å². The summed E-state index contributed by atoms with van der Waals surface area (Å²) >= 11 is 1.67. The van der Waals surface area contributed by atoms with Gasteiger partial charge in [0.1, 0.15) is 11.5 Å². The molecular weight excluding hydrogens is 272 g/mol. The molecule has 0 fully saturated rings. The highest BCUT2D eigenvalue weighted by molar-refractivity contribution is 7.10. The number of rotatable bonds is 6. The van der Waals surface area contributed by atoms with Crippen molar-refractivity contribution in [3.63, 3.8) is 0 Å². The Morgan fingerprint density at radius 2 is 2.15 bits per heavy atom. The van der Waals surface area contributed by atoms with Gasteiger partial charge in [0.25, 0.3) is 0 Å². The summed E-state index contributed by atoms with van der Waals surface area (Å²) in [6.07, 6.45) is 0. The molecule has 4 nitrogen and oxygen atoms in total. The number of carbonyl (C=O) groups excluding carboxylic acids is 1. The molecule has 108 valence electrons. The maximum Gasteiger partial charge on any atom is 0.234 e. The fraction of sp³-hybridized carbons (Fsp3) is 0.400. The molecule has 2 aromatic heterocycles. The molecule has 0 radical (unpaired) electrons. The van der Waals surface area contributed by atoms with E-state index in [2.05, 4.69) is 23.6 Å². The van der Waals surface area contributed by atoms with E-state index in [0.717, 1.165) is 11.5 Å². The second kappa shape index (κ2) is 6.72. The van der Waals surface area contributed by atoms with Crippen LogP contribution in [-0.4, -0.2) is 12.5 Å². The molecule has 1 atom stereocenters. The molecule has 2 heterocycles. The largest absolute Gasteiger partial charge is 0.465 e. The van der Waals surface area contributed by atoms with Gasteiger partial charge in [0.05, 0.1) is 19.1 Å². The van der Waals surface area contributed by atoms with Crippen molar-refractivity contribution in [2.75, 3.05) is 6.54 Å². The van der Waals surface area contributed by atoms with Crippen LogP contribution >= 0.6 is 11.3 Å². The summed E-state index contributed by atoms with van der Waals surface area (Å²) in [5, 5.41) is 8.11. The fourth-order valence-corrected chi connectivity index (χ4v) is 2.70. The summed E-state index contributed by atoms with van der Waals surface area (Å²) < 4.78 is 5.52. The molecule has 2 aromatic rings. The maximum absolute atomic E-state index is 11.8. The van der Waals surface area contributed by atoms with Crippen LogP contribution in [0.2, 0.25) is 0 Å². The van der Waals surface area contributed by atoms with Gasteiger partial charge < -0.3 is 9.73 Å².